The molecule has 0 aliphatic heterocycles. The summed E-state index contributed by atoms with van der Waals surface area (Å²) in [5.74, 6) is 0.469. The molecule has 1 rings (SSSR count). The number of nitrogens with zero attached hydrogens (tertiary/aromatic N) is 1. The zero-order valence-electron chi connectivity index (χ0n) is 6.92. The fourth-order valence-corrected chi connectivity index (χ4v) is 1.78. The Balaban J connectivity index is 3.06. The predicted octanol–water partition coefficient (Wildman–Crippen LogP) is 2.47. The highest BCUT2D eigenvalue weighted by atomic mass is 32.1. The van der Waals surface area contributed by atoms with Gasteiger partial charge in [-0.15, -0.1) is 11.3 Å². The Hall–Kier alpha value is -0.700. The maximum absolute atomic E-state index is 11.0. The van der Waals surface area contributed by atoms with E-state index < -0.39 is 0 Å². The number of Topliss-reactive ketones (excluding diaryl/α,β-unsaturated/α-hetero) is 1. The Morgan fingerprint density at radius 2 is 2.27 bits per heavy atom. The highest BCUT2D eigenvalue weighted by Crippen LogP contribution is 2.21. The summed E-state index contributed by atoms with van der Waals surface area (Å²) in [5.41, 5.74) is 2.66. The summed E-state index contributed by atoms with van der Waals surface area (Å²) in [6.07, 6.45) is 0. The van der Waals surface area contributed by atoms with Crippen LogP contribution in [0.3, 0.4) is 0 Å². The van der Waals surface area contributed by atoms with Crippen LogP contribution in [0.25, 0.3) is 0 Å². The van der Waals surface area contributed by atoms with Crippen molar-refractivity contribution in [3.05, 3.63) is 16.1 Å². The second kappa shape index (κ2) is 3.13. The van der Waals surface area contributed by atoms with E-state index in [1.54, 1.807) is 12.4 Å². The van der Waals surface area contributed by atoms with Crippen molar-refractivity contribution in [2.45, 2.75) is 26.7 Å². The zero-order valence-corrected chi connectivity index (χ0v) is 7.73. The average molecular weight is 169 g/mol. The Kier molecular flexibility index (Phi) is 2.39. The molecule has 0 N–H and O–H groups in total. The lowest BCUT2D eigenvalue weighted by Gasteiger charge is -2.00. The molecular formula is C8H11NOS. The van der Waals surface area contributed by atoms with E-state index in [-0.39, 0.29) is 5.78 Å². The minimum Gasteiger partial charge on any atom is -0.294 e. The molecule has 0 amide bonds. The van der Waals surface area contributed by atoms with E-state index in [2.05, 4.69) is 4.98 Å². The molecule has 0 saturated carbocycles. The van der Waals surface area contributed by atoms with E-state index in [9.17, 15) is 4.79 Å². The SMILES string of the molecule is CC(=O)c1scnc1C(C)C. The van der Waals surface area contributed by atoms with Gasteiger partial charge in [0.25, 0.3) is 0 Å². The number of hydrogen-bond acceptors (Lipinski definition) is 3. The lowest BCUT2D eigenvalue weighted by atomic mass is 10.1. The average Bonchev–Trinajstić information content (AvgIpc) is 2.32. The van der Waals surface area contributed by atoms with Crippen molar-refractivity contribution in [2.75, 3.05) is 0 Å². The van der Waals surface area contributed by atoms with E-state index in [0.29, 0.717) is 5.92 Å². The highest BCUT2D eigenvalue weighted by molar-refractivity contribution is 7.11. The fourth-order valence-electron chi connectivity index (χ4n) is 0.929. The van der Waals surface area contributed by atoms with Gasteiger partial charge in [0.2, 0.25) is 0 Å². The quantitative estimate of drug-likeness (QED) is 0.636. The van der Waals surface area contributed by atoms with Gasteiger partial charge in [-0.1, -0.05) is 13.8 Å². The standard InChI is InChI=1S/C8H11NOS/c1-5(2)7-8(6(3)10)11-4-9-7/h4-5H,1-3H3. The van der Waals surface area contributed by atoms with Crippen LogP contribution in [-0.4, -0.2) is 10.8 Å². The summed E-state index contributed by atoms with van der Waals surface area (Å²) in [6, 6.07) is 0. The monoisotopic (exact) mass is 169 g/mol. The van der Waals surface area contributed by atoms with Gasteiger partial charge in [0.1, 0.15) is 0 Å². The lowest BCUT2D eigenvalue weighted by molar-refractivity contribution is 0.102. The summed E-state index contributed by atoms with van der Waals surface area (Å²) in [7, 11) is 0. The minimum atomic E-state index is 0.121. The van der Waals surface area contributed by atoms with Gasteiger partial charge in [-0.25, -0.2) is 4.98 Å². The lowest BCUT2D eigenvalue weighted by Crippen LogP contribution is -1.97. The number of thiazole rings is 1. The van der Waals surface area contributed by atoms with Crippen LogP contribution in [-0.2, 0) is 0 Å². The van der Waals surface area contributed by atoms with Crippen LogP contribution in [0.4, 0.5) is 0 Å². The summed E-state index contributed by atoms with van der Waals surface area (Å²) < 4.78 is 0. The number of carbonyl (C=O) groups is 1. The van der Waals surface area contributed by atoms with Gasteiger partial charge in [-0.2, -0.15) is 0 Å². The summed E-state index contributed by atoms with van der Waals surface area (Å²) in [4.78, 5) is 15.9. The fraction of sp³-hybridized carbons (Fsp3) is 0.500. The summed E-state index contributed by atoms with van der Waals surface area (Å²) in [5, 5.41) is 0. The van der Waals surface area contributed by atoms with Crippen LogP contribution in [0.1, 0.15) is 42.1 Å². The van der Waals surface area contributed by atoms with Crippen molar-refractivity contribution >= 4 is 17.1 Å². The molecule has 0 atom stereocenters. The van der Waals surface area contributed by atoms with Crippen molar-refractivity contribution < 1.29 is 4.79 Å². The molecule has 1 aromatic heterocycles. The molecule has 0 unspecified atom stereocenters. The molecule has 1 aromatic rings. The topological polar surface area (TPSA) is 30.0 Å². The van der Waals surface area contributed by atoms with E-state index in [0.717, 1.165) is 10.6 Å². The van der Waals surface area contributed by atoms with Crippen molar-refractivity contribution in [3.63, 3.8) is 0 Å². The maximum atomic E-state index is 11.0. The van der Waals surface area contributed by atoms with Gasteiger partial charge >= 0.3 is 0 Å². The number of ketones is 1. The van der Waals surface area contributed by atoms with E-state index >= 15 is 0 Å². The summed E-state index contributed by atoms with van der Waals surface area (Å²) in [6.45, 7) is 5.67. The molecule has 0 saturated heterocycles. The van der Waals surface area contributed by atoms with Crippen LogP contribution in [0.2, 0.25) is 0 Å². The molecule has 60 valence electrons. The van der Waals surface area contributed by atoms with E-state index in [1.807, 2.05) is 13.8 Å². The Morgan fingerprint density at radius 1 is 1.64 bits per heavy atom. The molecule has 0 fully saturated rings. The number of aromatic nitrogens is 1. The molecule has 0 bridgehead atoms. The van der Waals surface area contributed by atoms with Gasteiger partial charge in [0.15, 0.2) is 5.78 Å². The number of rotatable bonds is 2. The van der Waals surface area contributed by atoms with Gasteiger partial charge in [-0.05, 0) is 5.92 Å². The second-order valence-electron chi connectivity index (χ2n) is 2.78. The molecule has 3 heteroatoms. The molecule has 0 spiro atoms. The molecule has 2 nitrogen and oxygen atoms in total. The van der Waals surface area contributed by atoms with Crippen LogP contribution >= 0.6 is 11.3 Å². The highest BCUT2D eigenvalue weighted by Gasteiger charge is 2.12. The van der Waals surface area contributed by atoms with Gasteiger partial charge in [-0.3, -0.25) is 4.79 Å². The van der Waals surface area contributed by atoms with Crippen molar-refractivity contribution in [1.29, 1.82) is 0 Å². The first-order valence-corrected chi connectivity index (χ1v) is 4.45. The van der Waals surface area contributed by atoms with E-state index in [1.165, 1.54) is 11.3 Å². The van der Waals surface area contributed by atoms with Crippen LogP contribution in [0, 0.1) is 0 Å². The van der Waals surface area contributed by atoms with Crippen LogP contribution < -0.4 is 0 Å². The first kappa shape index (κ1) is 8.40. The first-order chi connectivity index (χ1) is 5.13. The third kappa shape index (κ3) is 1.66. The molecular weight excluding hydrogens is 158 g/mol. The minimum absolute atomic E-state index is 0.121. The Bertz CT molecular complexity index is 265. The van der Waals surface area contributed by atoms with Crippen LogP contribution in [0.15, 0.2) is 5.51 Å². The zero-order chi connectivity index (χ0) is 8.43. The normalized spacial score (nSPS) is 10.5. The first-order valence-electron chi connectivity index (χ1n) is 3.57. The largest absolute Gasteiger partial charge is 0.294 e. The maximum Gasteiger partial charge on any atom is 0.171 e. The molecule has 0 aromatic carbocycles. The molecule has 1 heterocycles. The Labute approximate surface area is 70.3 Å². The third-order valence-corrected chi connectivity index (χ3v) is 2.40. The third-order valence-electron chi connectivity index (χ3n) is 1.46. The van der Waals surface area contributed by atoms with Crippen LogP contribution in [0.5, 0.6) is 0 Å². The number of carbonyl (C=O) groups excluding carboxylic acids is 1. The van der Waals surface area contributed by atoms with Gasteiger partial charge < -0.3 is 0 Å². The predicted molar refractivity (Wildman–Crippen MR) is 46.2 cm³/mol. The van der Waals surface area contributed by atoms with Crippen molar-refractivity contribution in [3.8, 4) is 0 Å². The smallest absolute Gasteiger partial charge is 0.171 e. The Morgan fingerprint density at radius 3 is 2.64 bits per heavy atom. The molecule has 0 aliphatic carbocycles. The second-order valence-corrected chi connectivity index (χ2v) is 3.63. The van der Waals surface area contributed by atoms with Crippen molar-refractivity contribution in [2.24, 2.45) is 0 Å². The number of hydrogen-bond donors (Lipinski definition) is 0. The van der Waals surface area contributed by atoms with E-state index in [4.69, 9.17) is 0 Å². The summed E-state index contributed by atoms with van der Waals surface area (Å²) >= 11 is 1.43. The molecule has 11 heavy (non-hydrogen) atoms. The molecule has 0 aliphatic rings. The van der Waals surface area contributed by atoms with Crippen molar-refractivity contribution in [1.82, 2.24) is 4.98 Å². The van der Waals surface area contributed by atoms with Gasteiger partial charge in [0, 0.05) is 6.92 Å². The van der Waals surface area contributed by atoms with Gasteiger partial charge in [0.05, 0.1) is 16.1 Å². The molecule has 0 radical (unpaired) electrons.